The number of fused-ring (bicyclic) bond motifs is 1. The predicted molar refractivity (Wildman–Crippen MR) is 112 cm³/mol. The van der Waals surface area contributed by atoms with Crippen molar-refractivity contribution < 1.29 is 18.8 Å². The summed E-state index contributed by atoms with van der Waals surface area (Å²) in [6.45, 7) is 4.81. The highest BCUT2D eigenvalue weighted by Gasteiger charge is 2.23. The van der Waals surface area contributed by atoms with Gasteiger partial charge in [0.05, 0.1) is 6.54 Å². The van der Waals surface area contributed by atoms with Crippen molar-refractivity contribution >= 4 is 11.7 Å². The topological polar surface area (TPSA) is 89.7 Å². The smallest absolute Gasteiger partial charge is 0.321 e. The molecule has 1 aromatic heterocycles. The van der Waals surface area contributed by atoms with E-state index in [0.717, 1.165) is 11.3 Å². The van der Waals surface area contributed by atoms with Crippen molar-refractivity contribution in [1.29, 1.82) is 0 Å². The van der Waals surface area contributed by atoms with E-state index in [4.69, 9.17) is 14.0 Å². The number of para-hydroxylation sites is 2. The van der Waals surface area contributed by atoms with Gasteiger partial charge in [0, 0.05) is 24.2 Å². The average molecular weight is 408 g/mol. The summed E-state index contributed by atoms with van der Waals surface area (Å²) in [7, 11) is 1.72. The Morgan fingerprint density at radius 3 is 2.60 bits per heavy atom. The van der Waals surface area contributed by atoms with Gasteiger partial charge in [-0.05, 0) is 36.4 Å². The number of urea groups is 1. The minimum absolute atomic E-state index is 0.198. The predicted octanol–water partition coefficient (Wildman–Crippen LogP) is 4.16. The molecule has 1 aliphatic rings. The molecular formula is C22H24N4O4. The first-order valence-electron chi connectivity index (χ1n) is 9.84. The summed E-state index contributed by atoms with van der Waals surface area (Å²) in [5.74, 6) is 2.75. The number of anilines is 1. The molecule has 0 saturated carbocycles. The minimum atomic E-state index is -0.231. The molecule has 0 bridgehead atoms. The maximum atomic E-state index is 12.5. The molecule has 8 heteroatoms. The van der Waals surface area contributed by atoms with E-state index in [2.05, 4.69) is 15.5 Å². The number of nitrogens with zero attached hydrogens (tertiary/aromatic N) is 3. The van der Waals surface area contributed by atoms with Gasteiger partial charge in [-0.1, -0.05) is 31.1 Å². The van der Waals surface area contributed by atoms with Crippen molar-refractivity contribution in [2.45, 2.75) is 25.9 Å². The Morgan fingerprint density at radius 1 is 1.17 bits per heavy atom. The summed E-state index contributed by atoms with van der Waals surface area (Å²) >= 11 is 0. The van der Waals surface area contributed by atoms with E-state index in [9.17, 15) is 4.79 Å². The second kappa shape index (κ2) is 8.44. The molecule has 0 spiro atoms. The lowest BCUT2D eigenvalue weighted by Crippen LogP contribution is -2.43. The fourth-order valence-corrected chi connectivity index (χ4v) is 3.04. The molecule has 3 aromatic rings. The molecule has 1 N–H and O–H groups in total. The maximum Gasteiger partial charge on any atom is 0.321 e. The van der Waals surface area contributed by atoms with Crippen LogP contribution in [0.1, 0.15) is 25.6 Å². The molecule has 8 nitrogen and oxygen atoms in total. The number of ether oxygens (including phenoxy) is 2. The van der Waals surface area contributed by atoms with Gasteiger partial charge in [-0.25, -0.2) is 4.79 Å². The number of amides is 2. The number of hydrogen-bond acceptors (Lipinski definition) is 6. The van der Waals surface area contributed by atoms with E-state index in [1.807, 2.05) is 50.2 Å². The lowest BCUT2D eigenvalue weighted by molar-refractivity contribution is 0.0731. The van der Waals surface area contributed by atoms with E-state index in [1.54, 1.807) is 24.1 Å². The summed E-state index contributed by atoms with van der Waals surface area (Å²) in [4.78, 5) is 18.5. The van der Waals surface area contributed by atoms with Crippen LogP contribution in [0.4, 0.5) is 10.5 Å². The molecule has 1 atom stereocenters. The standard InChI is InChI=1S/C22H24N4O4/c1-14(2)20-24-21(30-25-20)15-8-10-16(11-9-15)23-22(27)26(3)12-17-13-28-18-6-4-5-7-19(18)29-17/h4-11,14,17H,12-13H2,1-3H3,(H,23,27). The molecule has 1 aliphatic heterocycles. The Balaban J connectivity index is 1.33. The zero-order chi connectivity index (χ0) is 21.1. The summed E-state index contributed by atoms with van der Waals surface area (Å²) < 4.78 is 16.9. The summed E-state index contributed by atoms with van der Waals surface area (Å²) in [5, 5.41) is 6.85. The zero-order valence-corrected chi connectivity index (χ0v) is 17.2. The van der Waals surface area contributed by atoms with Crippen LogP contribution < -0.4 is 14.8 Å². The van der Waals surface area contributed by atoms with Crippen molar-refractivity contribution in [2.24, 2.45) is 0 Å². The van der Waals surface area contributed by atoms with Crippen molar-refractivity contribution in [3.8, 4) is 23.0 Å². The van der Waals surface area contributed by atoms with E-state index in [1.165, 1.54) is 0 Å². The number of likely N-dealkylation sites (N-methyl/N-ethyl adjacent to an activating group) is 1. The fourth-order valence-electron chi connectivity index (χ4n) is 3.04. The molecule has 0 aliphatic carbocycles. The molecule has 1 unspecified atom stereocenters. The molecule has 156 valence electrons. The van der Waals surface area contributed by atoms with Crippen LogP contribution in [-0.4, -0.2) is 47.4 Å². The van der Waals surface area contributed by atoms with Crippen LogP contribution in [0.3, 0.4) is 0 Å². The number of benzene rings is 2. The van der Waals surface area contributed by atoms with Crippen LogP contribution in [-0.2, 0) is 0 Å². The quantitative estimate of drug-likeness (QED) is 0.682. The first-order valence-corrected chi connectivity index (χ1v) is 9.84. The lowest BCUT2D eigenvalue weighted by atomic mass is 10.2. The molecule has 0 fully saturated rings. The molecule has 30 heavy (non-hydrogen) atoms. The van der Waals surface area contributed by atoms with Gasteiger partial charge in [-0.3, -0.25) is 0 Å². The SMILES string of the molecule is CC(C)c1noc(-c2ccc(NC(=O)N(C)CC3COc4ccccc4O3)cc2)n1. The van der Waals surface area contributed by atoms with Gasteiger partial charge in [0.25, 0.3) is 5.89 Å². The third-order valence-corrected chi connectivity index (χ3v) is 4.73. The third-order valence-electron chi connectivity index (χ3n) is 4.73. The van der Waals surface area contributed by atoms with Gasteiger partial charge in [0.2, 0.25) is 0 Å². The zero-order valence-electron chi connectivity index (χ0n) is 17.2. The summed E-state index contributed by atoms with van der Waals surface area (Å²) in [6.07, 6.45) is -0.231. The second-order valence-corrected chi connectivity index (χ2v) is 7.50. The molecule has 2 amide bonds. The minimum Gasteiger partial charge on any atom is -0.486 e. The van der Waals surface area contributed by atoms with Crippen molar-refractivity contribution in [2.75, 3.05) is 25.5 Å². The van der Waals surface area contributed by atoms with Crippen LogP contribution in [0.2, 0.25) is 0 Å². The second-order valence-electron chi connectivity index (χ2n) is 7.50. The van der Waals surface area contributed by atoms with Crippen LogP contribution in [0.25, 0.3) is 11.5 Å². The monoisotopic (exact) mass is 408 g/mol. The van der Waals surface area contributed by atoms with E-state index in [0.29, 0.717) is 36.3 Å². The van der Waals surface area contributed by atoms with Crippen molar-refractivity contribution in [3.63, 3.8) is 0 Å². The molecule has 0 saturated heterocycles. The van der Waals surface area contributed by atoms with Crippen molar-refractivity contribution in [1.82, 2.24) is 15.0 Å². The van der Waals surface area contributed by atoms with Crippen LogP contribution >= 0.6 is 0 Å². The third kappa shape index (κ3) is 4.37. The van der Waals surface area contributed by atoms with Crippen LogP contribution in [0, 0.1) is 0 Å². The largest absolute Gasteiger partial charge is 0.486 e. The Morgan fingerprint density at radius 2 is 1.90 bits per heavy atom. The summed E-state index contributed by atoms with van der Waals surface area (Å²) in [5.41, 5.74) is 1.47. The number of carbonyl (C=O) groups is 1. The Kier molecular flexibility index (Phi) is 5.56. The first kappa shape index (κ1) is 19.8. The molecule has 0 radical (unpaired) electrons. The van der Waals surface area contributed by atoms with E-state index < -0.39 is 0 Å². The highest BCUT2D eigenvalue weighted by molar-refractivity contribution is 5.89. The molecule has 4 rings (SSSR count). The molecule has 2 heterocycles. The van der Waals surface area contributed by atoms with Gasteiger partial charge in [-0.2, -0.15) is 4.98 Å². The van der Waals surface area contributed by atoms with Gasteiger partial charge in [0.15, 0.2) is 23.4 Å². The number of aromatic nitrogens is 2. The lowest BCUT2D eigenvalue weighted by Gasteiger charge is -2.29. The maximum absolute atomic E-state index is 12.5. The van der Waals surface area contributed by atoms with Gasteiger partial charge in [0.1, 0.15) is 6.61 Å². The van der Waals surface area contributed by atoms with Gasteiger partial charge in [-0.15, -0.1) is 0 Å². The van der Waals surface area contributed by atoms with Crippen molar-refractivity contribution in [3.05, 3.63) is 54.4 Å². The number of rotatable bonds is 5. The van der Waals surface area contributed by atoms with Gasteiger partial charge < -0.3 is 24.2 Å². The number of hydrogen-bond donors (Lipinski definition) is 1. The number of nitrogens with one attached hydrogen (secondary N) is 1. The average Bonchev–Trinajstić information content (AvgIpc) is 3.25. The Labute approximate surface area is 174 Å². The highest BCUT2D eigenvalue weighted by atomic mass is 16.6. The normalized spacial score (nSPS) is 15.1. The first-order chi connectivity index (χ1) is 14.5. The highest BCUT2D eigenvalue weighted by Crippen LogP contribution is 2.31. The Hall–Kier alpha value is -3.55. The van der Waals surface area contributed by atoms with E-state index in [-0.39, 0.29) is 18.1 Å². The Bertz CT molecular complexity index is 1020. The fraction of sp³-hybridized carbons (Fsp3) is 0.318. The summed E-state index contributed by atoms with van der Waals surface area (Å²) in [6, 6.07) is 14.6. The molecular weight excluding hydrogens is 384 g/mol. The van der Waals surface area contributed by atoms with Gasteiger partial charge >= 0.3 is 6.03 Å². The van der Waals surface area contributed by atoms with Crippen LogP contribution in [0.5, 0.6) is 11.5 Å². The van der Waals surface area contributed by atoms with Crippen LogP contribution in [0.15, 0.2) is 53.1 Å². The molecule has 2 aromatic carbocycles. The van der Waals surface area contributed by atoms with E-state index >= 15 is 0 Å². The number of carbonyl (C=O) groups excluding carboxylic acids is 1.